The van der Waals surface area contributed by atoms with Gasteiger partial charge in [0.2, 0.25) is 0 Å². The van der Waals surface area contributed by atoms with Crippen molar-refractivity contribution in [2.75, 3.05) is 10.2 Å². The van der Waals surface area contributed by atoms with Crippen LogP contribution in [0.25, 0.3) is 16.7 Å². The van der Waals surface area contributed by atoms with E-state index >= 15 is 0 Å². The summed E-state index contributed by atoms with van der Waals surface area (Å²) in [6.07, 6.45) is 17.2. The van der Waals surface area contributed by atoms with Crippen LogP contribution in [0.3, 0.4) is 0 Å². The molecule has 0 saturated heterocycles. The van der Waals surface area contributed by atoms with Gasteiger partial charge in [0.1, 0.15) is 5.82 Å². The number of benzene rings is 4. The molecule has 3 nitrogen and oxygen atoms in total. The second-order valence-electron chi connectivity index (χ2n) is 13.1. The molecule has 1 N–H and O–H groups in total. The maximum atomic E-state index is 5.29. The van der Waals surface area contributed by atoms with Crippen molar-refractivity contribution in [3.63, 3.8) is 0 Å². The molecule has 3 aliphatic rings. The highest BCUT2D eigenvalue weighted by Crippen LogP contribution is 2.56. The normalized spacial score (nSPS) is 20.2. The summed E-state index contributed by atoms with van der Waals surface area (Å²) in [6.45, 7) is 15.4. The Hall–Kier alpha value is -5.67. The van der Waals surface area contributed by atoms with Crippen LogP contribution in [-0.2, 0) is 11.8 Å². The predicted molar refractivity (Wildman–Crippen MR) is 205 cm³/mol. The highest BCUT2D eigenvalue weighted by Gasteiger charge is 2.45. The van der Waals surface area contributed by atoms with Gasteiger partial charge in [-0.2, -0.15) is 0 Å². The fourth-order valence-corrected chi connectivity index (χ4v) is 7.30. The molecule has 4 aromatic rings. The zero-order valence-electron chi connectivity index (χ0n) is 27.9. The SMILES string of the molecule is C=C/C=C\C=C1/Cc2ccc3c(c2N1C(=C)N=C1C=CC=C/C1=C(/C)c1ccc(-c2ccccc2)cc1)C(C)(C)C(c1ccccc1)N3. The van der Waals surface area contributed by atoms with Gasteiger partial charge in [-0.1, -0.05) is 154 Å². The van der Waals surface area contributed by atoms with Crippen LogP contribution in [0.5, 0.6) is 0 Å². The van der Waals surface area contributed by atoms with Crippen LogP contribution in [-0.4, -0.2) is 5.71 Å². The highest BCUT2D eigenvalue weighted by atomic mass is 15.3. The smallest absolute Gasteiger partial charge is 0.130 e. The molecule has 4 aromatic carbocycles. The van der Waals surface area contributed by atoms with E-state index in [1.54, 1.807) is 6.08 Å². The third kappa shape index (κ3) is 5.62. The first-order chi connectivity index (χ1) is 23.4. The molecule has 0 amide bonds. The maximum Gasteiger partial charge on any atom is 0.130 e. The quantitative estimate of drug-likeness (QED) is 0.207. The number of hydrogen-bond donors (Lipinski definition) is 1. The Labute approximate surface area is 285 Å². The van der Waals surface area contributed by atoms with Crippen molar-refractivity contribution in [2.45, 2.75) is 38.6 Å². The van der Waals surface area contributed by atoms with E-state index in [2.05, 4.69) is 172 Å². The van der Waals surface area contributed by atoms with Gasteiger partial charge in [0, 0.05) is 34.4 Å². The molecule has 7 rings (SSSR count). The van der Waals surface area contributed by atoms with E-state index in [1.807, 2.05) is 12.1 Å². The predicted octanol–water partition coefficient (Wildman–Crippen LogP) is 11.3. The van der Waals surface area contributed by atoms with Crippen molar-refractivity contribution in [1.82, 2.24) is 0 Å². The van der Waals surface area contributed by atoms with E-state index in [4.69, 9.17) is 4.99 Å². The number of allylic oxidation sites excluding steroid dienone is 11. The first-order valence-corrected chi connectivity index (χ1v) is 16.6. The summed E-state index contributed by atoms with van der Waals surface area (Å²) < 4.78 is 0. The first-order valence-electron chi connectivity index (χ1n) is 16.6. The highest BCUT2D eigenvalue weighted by molar-refractivity contribution is 6.16. The Morgan fingerprint density at radius 1 is 0.854 bits per heavy atom. The Balaban J connectivity index is 1.29. The molecule has 0 saturated carbocycles. The van der Waals surface area contributed by atoms with Crippen LogP contribution >= 0.6 is 0 Å². The van der Waals surface area contributed by atoms with Crippen LogP contribution < -0.4 is 10.2 Å². The number of nitrogens with zero attached hydrogens (tertiary/aromatic N) is 2. The van der Waals surface area contributed by atoms with Crippen molar-refractivity contribution in [1.29, 1.82) is 0 Å². The number of aliphatic imine (C=N–C) groups is 1. The molecular formula is C45H41N3. The zero-order chi connectivity index (χ0) is 33.3. The topological polar surface area (TPSA) is 27.6 Å². The van der Waals surface area contributed by atoms with Gasteiger partial charge in [0.25, 0.3) is 0 Å². The van der Waals surface area contributed by atoms with Gasteiger partial charge in [-0.3, -0.25) is 4.90 Å². The van der Waals surface area contributed by atoms with Crippen LogP contribution in [0, 0.1) is 0 Å². The lowest BCUT2D eigenvalue weighted by molar-refractivity contribution is 0.474. The summed E-state index contributed by atoms with van der Waals surface area (Å²) in [5, 5.41) is 3.87. The summed E-state index contributed by atoms with van der Waals surface area (Å²) in [7, 11) is 0. The van der Waals surface area contributed by atoms with Gasteiger partial charge in [0.05, 0.1) is 17.4 Å². The van der Waals surface area contributed by atoms with Crippen LogP contribution in [0.15, 0.2) is 181 Å². The molecule has 236 valence electrons. The number of rotatable bonds is 7. The average Bonchev–Trinajstić information content (AvgIpc) is 3.62. The van der Waals surface area contributed by atoms with E-state index < -0.39 is 0 Å². The second-order valence-corrected chi connectivity index (χ2v) is 13.1. The molecule has 0 fully saturated rings. The van der Waals surface area contributed by atoms with Crippen molar-refractivity contribution in [2.24, 2.45) is 4.99 Å². The summed E-state index contributed by atoms with van der Waals surface area (Å²) in [5.41, 5.74) is 13.9. The lowest BCUT2D eigenvalue weighted by Gasteiger charge is -2.32. The summed E-state index contributed by atoms with van der Waals surface area (Å²) in [5.74, 6) is 0.694. The molecule has 3 heteroatoms. The van der Waals surface area contributed by atoms with Crippen molar-refractivity contribution < 1.29 is 0 Å². The Bertz CT molecular complexity index is 2070. The van der Waals surface area contributed by atoms with E-state index in [9.17, 15) is 0 Å². The fourth-order valence-electron chi connectivity index (χ4n) is 7.30. The van der Waals surface area contributed by atoms with E-state index in [-0.39, 0.29) is 11.5 Å². The van der Waals surface area contributed by atoms with Gasteiger partial charge in [-0.05, 0) is 58.5 Å². The Kier molecular flexibility index (Phi) is 8.29. The van der Waals surface area contributed by atoms with Crippen LogP contribution in [0.4, 0.5) is 11.4 Å². The number of hydrogen-bond acceptors (Lipinski definition) is 3. The standard InChI is InChI=1S/C45H41N3/c1-6-7-10-21-38-30-37-28-29-41-42(45(4,5)44(47-41)36-19-13-9-14-20-36)43(37)48(38)32(3)46-40-23-16-15-22-39(40)31(2)33-24-26-35(27-25-33)34-17-11-8-12-18-34/h6-29,44,47H,1,3,30H2,2,4-5H3/b10-7-,38-21+,39-31+,46-40?. The largest absolute Gasteiger partial charge is 0.377 e. The monoisotopic (exact) mass is 623 g/mol. The maximum absolute atomic E-state index is 5.29. The van der Waals surface area contributed by atoms with Gasteiger partial charge >= 0.3 is 0 Å². The fraction of sp³-hybridized carbons (Fsp3) is 0.133. The molecule has 48 heavy (non-hydrogen) atoms. The van der Waals surface area contributed by atoms with E-state index in [0.717, 1.165) is 29.1 Å². The number of anilines is 2. The van der Waals surface area contributed by atoms with Crippen LogP contribution in [0.2, 0.25) is 0 Å². The van der Waals surface area contributed by atoms with E-state index in [1.165, 1.54) is 44.6 Å². The van der Waals surface area contributed by atoms with Gasteiger partial charge in [-0.15, -0.1) is 0 Å². The van der Waals surface area contributed by atoms with Gasteiger partial charge in [0.15, 0.2) is 0 Å². The number of nitrogens with one attached hydrogen (secondary N) is 1. The molecule has 2 heterocycles. The Morgan fingerprint density at radius 2 is 1.54 bits per heavy atom. The average molecular weight is 624 g/mol. The molecule has 2 aliphatic heterocycles. The Morgan fingerprint density at radius 3 is 2.27 bits per heavy atom. The zero-order valence-corrected chi connectivity index (χ0v) is 27.9. The molecule has 0 radical (unpaired) electrons. The van der Waals surface area contributed by atoms with Gasteiger partial charge in [-0.25, -0.2) is 4.99 Å². The molecule has 0 aromatic heterocycles. The molecular weight excluding hydrogens is 583 g/mol. The number of fused-ring (bicyclic) bond motifs is 3. The van der Waals surface area contributed by atoms with Gasteiger partial charge < -0.3 is 5.32 Å². The minimum atomic E-state index is -0.179. The van der Waals surface area contributed by atoms with Crippen molar-refractivity contribution in [3.05, 3.63) is 198 Å². The van der Waals surface area contributed by atoms with Crippen molar-refractivity contribution >= 4 is 22.7 Å². The summed E-state index contributed by atoms with van der Waals surface area (Å²) in [4.78, 5) is 7.56. The summed E-state index contributed by atoms with van der Waals surface area (Å²) in [6, 6.07) is 34.7. The molecule has 1 aliphatic carbocycles. The molecule has 1 atom stereocenters. The molecule has 0 bridgehead atoms. The molecule has 1 unspecified atom stereocenters. The van der Waals surface area contributed by atoms with Crippen LogP contribution in [0.1, 0.15) is 49.1 Å². The van der Waals surface area contributed by atoms with E-state index in [0.29, 0.717) is 5.82 Å². The molecule has 0 spiro atoms. The lowest BCUT2D eigenvalue weighted by atomic mass is 9.76. The minimum absolute atomic E-state index is 0.146. The minimum Gasteiger partial charge on any atom is -0.377 e. The lowest BCUT2D eigenvalue weighted by Crippen LogP contribution is -2.27. The van der Waals surface area contributed by atoms with Crippen molar-refractivity contribution in [3.8, 4) is 11.1 Å². The first kappa shape index (κ1) is 31.0. The summed E-state index contributed by atoms with van der Waals surface area (Å²) >= 11 is 0. The third-order valence-corrected chi connectivity index (χ3v) is 9.72. The third-order valence-electron chi connectivity index (χ3n) is 9.72. The second kappa shape index (κ2) is 12.8.